The van der Waals surface area contributed by atoms with Crippen molar-refractivity contribution in [2.75, 3.05) is 20.3 Å². The van der Waals surface area contributed by atoms with E-state index in [1.54, 1.807) is 0 Å². The Bertz CT molecular complexity index is 519. The molecule has 0 fully saturated rings. The highest BCUT2D eigenvalue weighted by molar-refractivity contribution is 6.33. The van der Waals surface area contributed by atoms with Crippen LogP contribution in [-0.4, -0.2) is 31.4 Å². The van der Waals surface area contributed by atoms with Gasteiger partial charge in [0, 0.05) is 29.5 Å². The zero-order valence-corrected chi connectivity index (χ0v) is 11.1. The Morgan fingerprint density at radius 3 is 2.58 bits per heavy atom. The van der Waals surface area contributed by atoms with Gasteiger partial charge in [0.1, 0.15) is 11.5 Å². The molecule has 2 heterocycles. The van der Waals surface area contributed by atoms with Crippen molar-refractivity contribution in [1.82, 2.24) is 0 Å². The molecule has 6 heteroatoms. The Morgan fingerprint density at radius 1 is 1.26 bits per heavy atom. The van der Waals surface area contributed by atoms with Crippen molar-refractivity contribution < 1.29 is 24.1 Å². The summed E-state index contributed by atoms with van der Waals surface area (Å²) in [6.45, 7) is 0.970. The van der Waals surface area contributed by atoms with Crippen LogP contribution >= 0.6 is 11.6 Å². The predicted molar refractivity (Wildman–Crippen MR) is 66.8 cm³/mol. The summed E-state index contributed by atoms with van der Waals surface area (Å²) in [5.41, 5.74) is 1.97. The first-order valence-corrected chi connectivity index (χ1v) is 6.41. The van der Waals surface area contributed by atoms with Crippen molar-refractivity contribution >= 4 is 17.6 Å². The van der Waals surface area contributed by atoms with Crippen LogP contribution in [0, 0.1) is 0 Å². The largest absolute Gasteiger partial charge is 0.492 e. The summed E-state index contributed by atoms with van der Waals surface area (Å²) in [5.74, 6) is 0.352. The van der Waals surface area contributed by atoms with Crippen LogP contribution < -0.4 is 9.47 Å². The summed E-state index contributed by atoms with van der Waals surface area (Å²) in [7, 11) is 1.24. The maximum atomic E-state index is 11.6. The molecule has 0 radical (unpaired) electrons. The Hall–Kier alpha value is -1.46. The lowest BCUT2D eigenvalue weighted by Gasteiger charge is -2.17. The molecule has 1 unspecified atom stereocenters. The first-order valence-electron chi connectivity index (χ1n) is 6.03. The number of hydrogen-bond donors (Lipinski definition) is 1. The fraction of sp³-hybridized carbons (Fsp3) is 0.462. The average molecular weight is 285 g/mol. The Kier molecular flexibility index (Phi) is 3.03. The minimum atomic E-state index is -1.37. The van der Waals surface area contributed by atoms with Crippen molar-refractivity contribution in [1.29, 1.82) is 0 Å². The number of carbonyl (C=O) groups excluding carboxylic acids is 1. The molecule has 3 rings (SSSR count). The first-order chi connectivity index (χ1) is 9.15. The quantitative estimate of drug-likeness (QED) is 0.832. The molecular weight excluding hydrogens is 272 g/mol. The third-order valence-corrected chi connectivity index (χ3v) is 3.88. The van der Waals surface area contributed by atoms with Gasteiger partial charge in [-0.1, -0.05) is 11.6 Å². The third-order valence-electron chi connectivity index (χ3n) is 3.48. The number of esters is 1. The molecule has 2 aliphatic heterocycles. The standard InChI is InChI=1S/C13H13ClO5/c1-17-13(16)10(15)8-6-2-4-19-12(6)9(14)7-3-5-18-11(7)8/h10,15H,2-5H2,1H3. The van der Waals surface area contributed by atoms with Gasteiger partial charge in [-0.2, -0.15) is 0 Å². The summed E-state index contributed by atoms with van der Waals surface area (Å²) >= 11 is 6.29. The van der Waals surface area contributed by atoms with E-state index in [1.807, 2.05) is 0 Å². The van der Waals surface area contributed by atoms with Crippen LogP contribution in [0.4, 0.5) is 0 Å². The van der Waals surface area contributed by atoms with Crippen LogP contribution in [0.3, 0.4) is 0 Å². The predicted octanol–water partition coefficient (Wildman–Crippen LogP) is 1.42. The van der Waals surface area contributed by atoms with Crippen LogP contribution in [0.1, 0.15) is 22.8 Å². The minimum absolute atomic E-state index is 0.441. The van der Waals surface area contributed by atoms with Crippen LogP contribution in [-0.2, 0) is 22.4 Å². The Labute approximate surface area is 115 Å². The highest BCUT2D eigenvalue weighted by atomic mass is 35.5. The monoisotopic (exact) mass is 284 g/mol. The number of benzene rings is 1. The second kappa shape index (κ2) is 4.58. The van der Waals surface area contributed by atoms with E-state index in [1.165, 1.54) is 7.11 Å². The van der Waals surface area contributed by atoms with Crippen molar-refractivity contribution in [3.05, 3.63) is 21.7 Å². The number of fused-ring (bicyclic) bond motifs is 2. The van der Waals surface area contributed by atoms with Gasteiger partial charge in [0.05, 0.1) is 25.3 Å². The van der Waals surface area contributed by atoms with Crippen molar-refractivity contribution in [2.24, 2.45) is 0 Å². The van der Waals surface area contributed by atoms with Gasteiger partial charge in [-0.3, -0.25) is 0 Å². The molecule has 0 saturated carbocycles. The van der Waals surface area contributed by atoms with Gasteiger partial charge in [0.2, 0.25) is 0 Å². The van der Waals surface area contributed by atoms with E-state index < -0.39 is 12.1 Å². The molecule has 19 heavy (non-hydrogen) atoms. The average Bonchev–Trinajstić information content (AvgIpc) is 3.06. The van der Waals surface area contributed by atoms with E-state index in [0.717, 1.165) is 11.1 Å². The fourth-order valence-corrected chi connectivity index (χ4v) is 2.96. The number of aliphatic hydroxyl groups is 1. The highest BCUT2D eigenvalue weighted by Crippen LogP contribution is 2.49. The molecule has 102 valence electrons. The smallest absolute Gasteiger partial charge is 0.339 e. The van der Waals surface area contributed by atoms with Gasteiger partial charge >= 0.3 is 5.97 Å². The van der Waals surface area contributed by atoms with Gasteiger partial charge in [-0.05, 0) is 0 Å². The van der Waals surface area contributed by atoms with Crippen molar-refractivity contribution in [3.8, 4) is 11.5 Å². The molecular formula is C13H13ClO5. The number of aliphatic hydroxyl groups excluding tert-OH is 1. The molecule has 0 amide bonds. The van der Waals surface area contributed by atoms with Gasteiger partial charge in [-0.15, -0.1) is 0 Å². The van der Waals surface area contributed by atoms with Crippen LogP contribution in [0.5, 0.6) is 11.5 Å². The van der Waals surface area contributed by atoms with Gasteiger partial charge in [0.25, 0.3) is 0 Å². The molecule has 1 aromatic rings. The van der Waals surface area contributed by atoms with E-state index >= 15 is 0 Å². The summed E-state index contributed by atoms with van der Waals surface area (Å²) in [4.78, 5) is 11.6. The van der Waals surface area contributed by atoms with Gasteiger partial charge in [0.15, 0.2) is 6.10 Å². The number of halogens is 1. The lowest BCUT2D eigenvalue weighted by molar-refractivity contribution is -0.150. The first kappa shape index (κ1) is 12.6. The summed E-state index contributed by atoms with van der Waals surface area (Å²) < 4.78 is 15.6. The Morgan fingerprint density at radius 2 is 1.89 bits per heavy atom. The number of rotatable bonds is 2. The molecule has 0 saturated heterocycles. The topological polar surface area (TPSA) is 65.0 Å². The molecule has 1 N–H and O–H groups in total. The van der Waals surface area contributed by atoms with E-state index in [2.05, 4.69) is 4.74 Å². The van der Waals surface area contributed by atoms with E-state index in [0.29, 0.717) is 48.1 Å². The van der Waals surface area contributed by atoms with Crippen molar-refractivity contribution in [2.45, 2.75) is 18.9 Å². The molecule has 1 aromatic carbocycles. The number of carbonyl (C=O) groups is 1. The zero-order chi connectivity index (χ0) is 13.6. The number of ether oxygens (including phenoxy) is 3. The second-order valence-electron chi connectivity index (χ2n) is 4.47. The lowest BCUT2D eigenvalue weighted by Crippen LogP contribution is -2.16. The summed E-state index contributed by atoms with van der Waals surface area (Å²) in [5, 5.41) is 10.7. The molecule has 0 bridgehead atoms. The van der Waals surface area contributed by atoms with Gasteiger partial charge < -0.3 is 19.3 Å². The SMILES string of the molecule is COC(=O)C(O)c1c2c(c(Cl)c3c1OCC3)OCC2. The molecule has 0 spiro atoms. The fourth-order valence-electron chi connectivity index (χ4n) is 2.61. The maximum Gasteiger partial charge on any atom is 0.339 e. The van der Waals surface area contributed by atoms with E-state index in [9.17, 15) is 9.90 Å². The number of methoxy groups -OCH3 is 1. The van der Waals surface area contributed by atoms with E-state index in [-0.39, 0.29) is 0 Å². The van der Waals surface area contributed by atoms with Crippen molar-refractivity contribution in [3.63, 3.8) is 0 Å². The molecule has 0 aliphatic carbocycles. The summed E-state index contributed by atoms with van der Waals surface area (Å²) in [6, 6.07) is 0. The molecule has 2 aliphatic rings. The van der Waals surface area contributed by atoms with Gasteiger partial charge in [-0.25, -0.2) is 4.79 Å². The highest BCUT2D eigenvalue weighted by Gasteiger charge is 2.36. The maximum absolute atomic E-state index is 11.6. The second-order valence-corrected chi connectivity index (χ2v) is 4.84. The third kappa shape index (κ3) is 1.76. The molecule has 5 nitrogen and oxygen atoms in total. The molecule has 0 aromatic heterocycles. The normalized spacial score (nSPS) is 17.2. The number of hydrogen-bond acceptors (Lipinski definition) is 5. The van der Waals surface area contributed by atoms with Crippen LogP contribution in [0.25, 0.3) is 0 Å². The lowest BCUT2D eigenvalue weighted by atomic mass is 9.95. The molecule has 1 atom stereocenters. The minimum Gasteiger partial charge on any atom is -0.492 e. The van der Waals surface area contributed by atoms with Crippen LogP contribution in [0.15, 0.2) is 0 Å². The summed E-state index contributed by atoms with van der Waals surface area (Å²) in [6.07, 6.45) is -0.134. The van der Waals surface area contributed by atoms with E-state index in [4.69, 9.17) is 21.1 Å². The van der Waals surface area contributed by atoms with Crippen LogP contribution in [0.2, 0.25) is 5.02 Å². The Balaban J connectivity index is 2.21. The zero-order valence-electron chi connectivity index (χ0n) is 10.4.